The molecule has 1 rings (SSSR count). The Morgan fingerprint density at radius 3 is 2.47 bits per heavy atom. The van der Waals surface area contributed by atoms with Crippen molar-refractivity contribution in [1.29, 1.82) is 0 Å². The number of rotatable bonds is 2. The van der Waals surface area contributed by atoms with Crippen LogP contribution in [0, 0.1) is 0 Å². The Hall–Kier alpha value is -0.770. The third kappa shape index (κ3) is 5.91. The Labute approximate surface area is 104 Å². The van der Waals surface area contributed by atoms with Crippen LogP contribution >= 0.6 is 0 Å². The van der Waals surface area contributed by atoms with E-state index in [1.807, 2.05) is 20.8 Å². The highest BCUT2D eigenvalue weighted by Crippen LogP contribution is 2.20. The number of amides is 1. The van der Waals surface area contributed by atoms with Crippen molar-refractivity contribution in [2.45, 2.75) is 70.6 Å². The van der Waals surface area contributed by atoms with Gasteiger partial charge >= 0.3 is 6.09 Å². The Kier molecular flexibility index (Phi) is 5.25. The third-order valence-corrected chi connectivity index (χ3v) is 2.97. The number of ether oxygens (including phenoxy) is 2. The summed E-state index contributed by atoms with van der Waals surface area (Å²) >= 11 is 0. The van der Waals surface area contributed by atoms with Gasteiger partial charge in [-0.15, -0.1) is 0 Å². The molecule has 0 bridgehead atoms. The Morgan fingerprint density at radius 2 is 1.88 bits per heavy atom. The number of carbonyl (C=O) groups excluding carboxylic acids is 1. The minimum Gasteiger partial charge on any atom is -0.444 e. The van der Waals surface area contributed by atoms with E-state index in [-0.39, 0.29) is 12.1 Å². The van der Waals surface area contributed by atoms with Crippen molar-refractivity contribution in [3.63, 3.8) is 0 Å². The van der Waals surface area contributed by atoms with E-state index in [1.54, 1.807) is 7.11 Å². The fourth-order valence-corrected chi connectivity index (χ4v) is 2.12. The predicted molar refractivity (Wildman–Crippen MR) is 67.0 cm³/mol. The Balaban J connectivity index is 2.34. The molecule has 1 N–H and O–H groups in total. The van der Waals surface area contributed by atoms with Crippen molar-refractivity contribution < 1.29 is 14.3 Å². The first-order chi connectivity index (χ1) is 7.90. The van der Waals surface area contributed by atoms with E-state index < -0.39 is 5.60 Å². The predicted octanol–water partition coefficient (Wildman–Crippen LogP) is 2.86. The maximum Gasteiger partial charge on any atom is 0.407 e. The first-order valence-electron chi connectivity index (χ1n) is 6.43. The number of hydrogen-bond donors (Lipinski definition) is 1. The number of nitrogens with one attached hydrogen (secondary N) is 1. The van der Waals surface area contributed by atoms with Gasteiger partial charge in [0.15, 0.2) is 0 Å². The Bertz CT molecular complexity index is 248. The number of carbonyl (C=O) groups is 1. The van der Waals surface area contributed by atoms with Gasteiger partial charge in [-0.05, 0) is 52.9 Å². The molecule has 17 heavy (non-hydrogen) atoms. The highest BCUT2D eigenvalue weighted by atomic mass is 16.6. The average molecular weight is 243 g/mol. The second kappa shape index (κ2) is 6.24. The van der Waals surface area contributed by atoms with Crippen LogP contribution in [0.4, 0.5) is 4.79 Å². The van der Waals surface area contributed by atoms with E-state index in [0.29, 0.717) is 6.10 Å². The van der Waals surface area contributed by atoms with Gasteiger partial charge in [-0.25, -0.2) is 4.79 Å². The van der Waals surface area contributed by atoms with E-state index in [2.05, 4.69) is 5.32 Å². The molecule has 2 atom stereocenters. The van der Waals surface area contributed by atoms with Crippen molar-refractivity contribution in [2.75, 3.05) is 7.11 Å². The molecule has 1 amide bonds. The SMILES string of the molecule is CO[C@H]1CCC[C@@H](NC(=O)OC(C)(C)C)CC1. The van der Waals surface area contributed by atoms with Crippen LogP contribution in [0.1, 0.15) is 52.9 Å². The maximum absolute atomic E-state index is 11.6. The molecule has 100 valence electrons. The van der Waals surface area contributed by atoms with Gasteiger partial charge in [0, 0.05) is 13.2 Å². The second-order valence-corrected chi connectivity index (χ2v) is 5.71. The highest BCUT2D eigenvalue weighted by molar-refractivity contribution is 5.68. The van der Waals surface area contributed by atoms with E-state index in [0.717, 1.165) is 32.1 Å². The van der Waals surface area contributed by atoms with Crippen LogP contribution in [0.5, 0.6) is 0 Å². The van der Waals surface area contributed by atoms with E-state index in [9.17, 15) is 4.79 Å². The van der Waals surface area contributed by atoms with E-state index in [1.165, 1.54) is 0 Å². The van der Waals surface area contributed by atoms with E-state index in [4.69, 9.17) is 9.47 Å². The molecule has 4 nitrogen and oxygen atoms in total. The minimum absolute atomic E-state index is 0.227. The highest BCUT2D eigenvalue weighted by Gasteiger charge is 2.22. The molecule has 4 heteroatoms. The summed E-state index contributed by atoms with van der Waals surface area (Å²) in [7, 11) is 1.76. The van der Waals surface area contributed by atoms with Crippen LogP contribution in [0.25, 0.3) is 0 Å². The second-order valence-electron chi connectivity index (χ2n) is 5.71. The summed E-state index contributed by atoms with van der Waals surface area (Å²) in [5.41, 5.74) is -0.427. The van der Waals surface area contributed by atoms with Gasteiger partial charge in [0.25, 0.3) is 0 Å². The molecule has 0 heterocycles. The number of hydrogen-bond acceptors (Lipinski definition) is 3. The molecule has 1 aliphatic rings. The van der Waals surface area contributed by atoms with Gasteiger partial charge in [0.1, 0.15) is 5.60 Å². The van der Waals surface area contributed by atoms with Gasteiger partial charge < -0.3 is 14.8 Å². The Morgan fingerprint density at radius 1 is 1.18 bits per heavy atom. The van der Waals surface area contributed by atoms with Crippen LogP contribution in [0.3, 0.4) is 0 Å². The molecular formula is C13H25NO3. The first kappa shape index (κ1) is 14.3. The molecule has 0 aromatic rings. The van der Waals surface area contributed by atoms with Gasteiger partial charge in [0.05, 0.1) is 6.10 Å². The zero-order valence-corrected chi connectivity index (χ0v) is 11.4. The van der Waals surface area contributed by atoms with Crippen LogP contribution in [0.2, 0.25) is 0 Å². The molecule has 0 aromatic carbocycles. The topological polar surface area (TPSA) is 47.6 Å². The zero-order chi connectivity index (χ0) is 12.9. The normalized spacial score (nSPS) is 26.1. The van der Waals surface area contributed by atoms with E-state index >= 15 is 0 Å². The molecular weight excluding hydrogens is 218 g/mol. The fraction of sp³-hybridized carbons (Fsp3) is 0.923. The molecule has 0 unspecified atom stereocenters. The van der Waals surface area contributed by atoms with Crippen molar-refractivity contribution in [2.24, 2.45) is 0 Å². The quantitative estimate of drug-likeness (QED) is 0.759. The van der Waals surface area contributed by atoms with Crippen LogP contribution in [-0.2, 0) is 9.47 Å². The smallest absolute Gasteiger partial charge is 0.407 e. The summed E-state index contributed by atoms with van der Waals surface area (Å²) in [6.45, 7) is 5.63. The van der Waals surface area contributed by atoms with Gasteiger partial charge in [-0.2, -0.15) is 0 Å². The standard InChI is InChI=1S/C13H25NO3/c1-13(2,3)17-12(15)14-10-6-5-7-11(16-4)9-8-10/h10-11H,5-9H2,1-4H3,(H,14,15)/t10-,11+/m1/s1. The van der Waals surface area contributed by atoms with Crippen molar-refractivity contribution in [3.05, 3.63) is 0 Å². The van der Waals surface area contributed by atoms with Crippen molar-refractivity contribution in [3.8, 4) is 0 Å². The summed E-state index contributed by atoms with van der Waals surface area (Å²) in [6, 6.07) is 0.227. The number of methoxy groups -OCH3 is 1. The lowest BCUT2D eigenvalue weighted by atomic mass is 10.1. The largest absolute Gasteiger partial charge is 0.444 e. The minimum atomic E-state index is -0.427. The summed E-state index contributed by atoms with van der Waals surface area (Å²) in [5.74, 6) is 0. The lowest BCUT2D eigenvalue weighted by Crippen LogP contribution is -2.38. The van der Waals surface area contributed by atoms with Crippen molar-refractivity contribution in [1.82, 2.24) is 5.32 Å². The maximum atomic E-state index is 11.6. The summed E-state index contributed by atoms with van der Waals surface area (Å²) in [4.78, 5) is 11.6. The van der Waals surface area contributed by atoms with Crippen LogP contribution < -0.4 is 5.32 Å². The van der Waals surface area contributed by atoms with Gasteiger partial charge in [0.2, 0.25) is 0 Å². The lowest BCUT2D eigenvalue weighted by Gasteiger charge is -2.23. The van der Waals surface area contributed by atoms with Crippen LogP contribution in [0.15, 0.2) is 0 Å². The lowest BCUT2D eigenvalue weighted by molar-refractivity contribution is 0.0495. The molecule has 0 aromatic heterocycles. The van der Waals surface area contributed by atoms with Gasteiger partial charge in [-0.1, -0.05) is 0 Å². The fourth-order valence-electron chi connectivity index (χ4n) is 2.12. The summed E-state index contributed by atoms with van der Waals surface area (Å²) in [5, 5.41) is 2.94. The molecule has 1 fully saturated rings. The molecule has 0 spiro atoms. The van der Waals surface area contributed by atoms with Crippen LogP contribution in [-0.4, -0.2) is 30.9 Å². The molecule has 0 radical (unpaired) electrons. The summed E-state index contributed by atoms with van der Waals surface area (Å²) in [6.07, 6.45) is 5.22. The van der Waals surface area contributed by atoms with Gasteiger partial charge in [-0.3, -0.25) is 0 Å². The summed E-state index contributed by atoms with van der Waals surface area (Å²) < 4.78 is 10.6. The first-order valence-corrected chi connectivity index (χ1v) is 6.43. The zero-order valence-electron chi connectivity index (χ0n) is 11.4. The molecule has 0 aliphatic heterocycles. The molecule has 1 saturated carbocycles. The number of alkyl carbamates (subject to hydrolysis) is 1. The average Bonchev–Trinajstić information content (AvgIpc) is 2.40. The molecule has 0 saturated heterocycles. The monoisotopic (exact) mass is 243 g/mol. The third-order valence-electron chi connectivity index (χ3n) is 2.97. The molecule has 1 aliphatic carbocycles. The van der Waals surface area contributed by atoms with Crippen molar-refractivity contribution >= 4 is 6.09 Å².